The van der Waals surface area contributed by atoms with E-state index in [1.807, 2.05) is 18.2 Å². The zero-order valence-electron chi connectivity index (χ0n) is 8.50. The van der Waals surface area contributed by atoms with E-state index < -0.39 is 0 Å². The van der Waals surface area contributed by atoms with Gasteiger partial charge in [-0.25, -0.2) is 0 Å². The Labute approximate surface area is 81.5 Å². The van der Waals surface area contributed by atoms with E-state index >= 15 is 0 Å². The van der Waals surface area contributed by atoms with Crippen LogP contribution >= 0.6 is 0 Å². The highest BCUT2D eigenvalue weighted by Gasteiger charge is 1.79. The number of hydrogen-bond donors (Lipinski definition) is 1. The predicted octanol–water partition coefficient (Wildman–Crippen LogP) is 3.22. The molecule has 0 bridgehead atoms. The van der Waals surface area contributed by atoms with Gasteiger partial charge in [-0.2, -0.15) is 0 Å². The molecule has 0 aromatic rings. The summed E-state index contributed by atoms with van der Waals surface area (Å²) >= 11 is 0. The minimum absolute atomic E-state index is 0.227. The van der Waals surface area contributed by atoms with Crippen LogP contribution in [0.1, 0.15) is 39.0 Å². The number of aliphatic hydroxyl groups excluding tert-OH is 1. The minimum atomic E-state index is 0.227. The van der Waals surface area contributed by atoms with Gasteiger partial charge in [0.25, 0.3) is 0 Å². The summed E-state index contributed by atoms with van der Waals surface area (Å²) in [7, 11) is 0. The first-order valence-corrected chi connectivity index (χ1v) is 5.08. The third-order valence-electron chi connectivity index (χ3n) is 1.69. The van der Waals surface area contributed by atoms with E-state index in [4.69, 9.17) is 5.11 Å². The fraction of sp³-hybridized carbons (Fsp3) is 0.583. The average Bonchev–Trinajstić information content (AvgIpc) is 2.16. The zero-order chi connectivity index (χ0) is 9.78. The third-order valence-corrected chi connectivity index (χ3v) is 1.69. The SMILES string of the molecule is CCCCCC=C=C/C=C\CCO. The first-order chi connectivity index (χ1) is 6.41. The molecule has 1 N–H and O–H groups in total. The molecule has 0 amide bonds. The first kappa shape index (κ1) is 12.2. The van der Waals surface area contributed by atoms with Crippen molar-refractivity contribution in [1.29, 1.82) is 0 Å². The zero-order valence-corrected chi connectivity index (χ0v) is 8.50. The van der Waals surface area contributed by atoms with Gasteiger partial charge in [0.1, 0.15) is 0 Å². The van der Waals surface area contributed by atoms with Crippen LogP contribution < -0.4 is 0 Å². The van der Waals surface area contributed by atoms with Gasteiger partial charge in [-0.3, -0.25) is 0 Å². The highest BCUT2D eigenvalue weighted by atomic mass is 16.2. The molecule has 0 radical (unpaired) electrons. The van der Waals surface area contributed by atoms with E-state index in [0.717, 1.165) is 12.8 Å². The molecule has 1 nitrogen and oxygen atoms in total. The van der Waals surface area contributed by atoms with E-state index in [9.17, 15) is 0 Å². The minimum Gasteiger partial charge on any atom is -0.396 e. The fourth-order valence-electron chi connectivity index (χ4n) is 0.942. The lowest BCUT2D eigenvalue weighted by atomic mass is 10.2. The molecule has 74 valence electrons. The summed E-state index contributed by atoms with van der Waals surface area (Å²) in [5.74, 6) is 0. The molecule has 0 saturated heterocycles. The number of aliphatic hydroxyl groups is 1. The summed E-state index contributed by atoms with van der Waals surface area (Å²) in [5.41, 5.74) is 3.08. The molecule has 0 aliphatic carbocycles. The molecule has 0 atom stereocenters. The van der Waals surface area contributed by atoms with Crippen LogP contribution in [0.25, 0.3) is 0 Å². The van der Waals surface area contributed by atoms with E-state index in [1.54, 1.807) is 0 Å². The van der Waals surface area contributed by atoms with Gasteiger partial charge in [-0.15, -0.1) is 5.73 Å². The highest BCUT2D eigenvalue weighted by Crippen LogP contribution is 1.98. The average molecular weight is 180 g/mol. The van der Waals surface area contributed by atoms with Crippen molar-refractivity contribution in [2.24, 2.45) is 0 Å². The quantitative estimate of drug-likeness (QED) is 0.362. The van der Waals surface area contributed by atoms with Gasteiger partial charge in [0.2, 0.25) is 0 Å². The second-order valence-corrected chi connectivity index (χ2v) is 2.97. The summed E-state index contributed by atoms with van der Waals surface area (Å²) in [5, 5.41) is 8.47. The molecule has 1 heteroatoms. The summed E-state index contributed by atoms with van der Waals surface area (Å²) in [4.78, 5) is 0. The van der Waals surface area contributed by atoms with Crippen LogP contribution in [-0.2, 0) is 0 Å². The number of rotatable bonds is 7. The molecule has 0 rings (SSSR count). The lowest BCUT2D eigenvalue weighted by molar-refractivity contribution is 0.302. The number of hydrogen-bond acceptors (Lipinski definition) is 1. The fourth-order valence-corrected chi connectivity index (χ4v) is 0.942. The lowest BCUT2D eigenvalue weighted by Gasteiger charge is -1.88. The molecule has 0 heterocycles. The Morgan fingerprint density at radius 2 is 2.08 bits per heavy atom. The van der Waals surface area contributed by atoms with E-state index in [0.29, 0.717) is 0 Å². The predicted molar refractivity (Wildman–Crippen MR) is 57.6 cm³/mol. The smallest absolute Gasteiger partial charge is 0.0465 e. The highest BCUT2D eigenvalue weighted by molar-refractivity contribution is 5.02. The van der Waals surface area contributed by atoms with Gasteiger partial charge in [0, 0.05) is 6.61 Å². The van der Waals surface area contributed by atoms with Crippen molar-refractivity contribution >= 4 is 0 Å². The van der Waals surface area contributed by atoms with Crippen LogP contribution in [0.2, 0.25) is 0 Å². The molecular formula is C12H20O. The lowest BCUT2D eigenvalue weighted by Crippen LogP contribution is -1.73. The molecule has 0 aliphatic heterocycles. The topological polar surface area (TPSA) is 20.2 Å². The van der Waals surface area contributed by atoms with Crippen molar-refractivity contribution in [2.75, 3.05) is 6.61 Å². The van der Waals surface area contributed by atoms with Gasteiger partial charge >= 0.3 is 0 Å². The summed E-state index contributed by atoms with van der Waals surface area (Å²) in [6.45, 7) is 2.43. The Morgan fingerprint density at radius 3 is 2.77 bits per heavy atom. The normalized spacial score (nSPS) is 10.0. The summed E-state index contributed by atoms with van der Waals surface area (Å²) < 4.78 is 0. The van der Waals surface area contributed by atoms with Gasteiger partial charge in [0.15, 0.2) is 0 Å². The molecule has 0 fully saturated rings. The Morgan fingerprint density at radius 1 is 1.23 bits per heavy atom. The van der Waals surface area contributed by atoms with Crippen molar-refractivity contribution in [3.63, 3.8) is 0 Å². The Balaban J connectivity index is 3.36. The van der Waals surface area contributed by atoms with Gasteiger partial charge in [-0.05, 0) is 31.4 Å². The van der Waals surface area contributed by atoms with Crippen molar-refractivity contribution in [2.45, 2.75) is 39.0 Å². The van der Waals surface area contributed by atoms with Crippen LogP contribution in [0.15, 0.2) is 30.0 Å². The maximum absolute atomic E-state index is 8.47. The Hall–Kier alpha value is -0.780. The summed E-state index contributed by atoms with van der Waals surface area (Å²) in [6.07, 6.45) is 13.5. The van der Waals surface area contributed by atoms with Crippen LogP contribution in [0, 0.1) is 0 Å². The van der Waals surface area contributed by atoms with Crippen LogP contribution in [0.5, 0.6) is 0 Å². The van der Waals surface area contributed by atoms with E-state index in [2.05, 4.69) is 18.7 Å². The molecule has 0 spiro atoms. The van der Waals surface area contributed by atoms with Crippen molar-refractivity contribution < 1.29 is 5.11 Å². The maximum atomic E-state index is 8.47. The van der Waals surface area contributed by atoms with Gasteiger partial charge in [-0.1, -0.05) is 31.9 Å². The van der Waals surface area contributed by atoms with Gasteiger partial charge < -0.3 is 5.11 Å². The molecule has 0 aromatic heterocycles. The molecule has 0 aliphatic rings. The van der Waals surface area contributed by atoms with E-state index in [-0.39, 0.29) is 6.61 Å². The van der Waals surface area contributed by atoms with Crippen molar-refractivity contribution in [3.8, 4) is 0 Å². The number of allylic oxidation sites excluding steroid dienone is 2. The van der Waals surface area contributed by atoms with Crippen molar-refractivity contribution in [1.82, 2.24) is 0 Å². The molecular weight excluding hydrogens is 160 g/mol. The third kappa shape index (κ3) is 11.2. The van der Waals surface area contributed by atoms with Crippen LogP contribution in [0.3, 0.4) is 0 Å². The number of unbranched alkanes of at least 4 members (excludes halogenated alkanes) is 3. The van der Waals surface area contributed by atoms with E-state index in [1.165, 1.54) is 19.3 Å². The Kier molecular flexibility index (Phi) is 10.5. The standard InChI is InChI=1S/C12H20O/c1-2-3-4-5-6-7-8-9-10-11-12-13/h6,8-10,13H,2-5,11-12H2,1H3/b10-9-. The molecule has 13 heavy (non-hydrogen) atoms. The molecule has 0 unspecified atom stereocenters. The van der Waals surface area contributed by atoms with Crippen LogP contribution in [0.4, 0.5) is 0 Å². The second-order valence-electron chi connectivity index (χ2n) is 2.97. The van der Waals surface area contributed by atoms with Crippen LogP contribution in [-0.4, -0.2) is 11.7 Å². The van der Waals surface area contributed by atoms with Crippen molar-refractivity contribution in [3.05, 3.63) is 30.0 Å². The molecule has 0 aromatic carbocycles. The largest absolute Gasteiger partial charge is 0.396 e. The van der Waals surface area contributed by atoms with Gasteiger partial charge in [0.05, 0.1) is 0 Å². The second kappa shape index (κ2) is 11.2. The summed E-state index contributed by atoms with van der Waals surface area (Å²) in [6, 6.07) is 0. The maximum Gasteiger partial charge on any atom is 0.0465 e. The first-order valence-electron chi connectivity index (χ1n) is 5.08. The monoisotopic (exact) mass is 180 g/mol. The Bertz CT molecular complexity index is 174. The molecule has 0 saturated carbocycles.